The minimum atomic E-state index is -0.745. The van der Waals surface area contributed by atoms with Crippen LogP contribution in [-0.4, -0.2) is 23.3 Å². The molecule has 1 aromatic heterocycles. The van der Waals surface area contributed by atoms with Crippen LogP contribution in [0, 0.1) is 6.92 Å². The van der Waals surface area contributed by atoms with Gasteiger partial charge in [-0.25, -0.2) is 4.79 Å². The van der Waals surface area contributed by atoms with Gasteiger partial charge >= 0.3 is 6.03 Å². The molecule has 0 aliphatic heterocycles. The summed E-state index contributed by atoms with van der Waals surface area (Å²) in [4.78, 5) is 13.3. The third kappa shape index (κ3) is 4.16. The van der Waals surface area contributed by atoms with Crippen LogP contribution in [0.2, 0.25) is 0 Å². The molecule has 5 heteroatoms. The van der Waals surface area contributed by atoms with Crippen molar-refractivity contribution in [2.45, 2.75) is 44.6 Å². The van der Waals surface area contributed by atoms with Crippen molar-refractivity contribution in [3.63, 3.8) is 0 Å². The van der Waals surface area contributed by atoms with Gasteiger partial charge < -0.3 is 15.7 Å². The summed E-state index contributed by atoms with van der Waals surface area (Å²) < 4.78 is 0. The molecule has 1 saturated carbocycles. The van der Waals surface area contributed by atoms with Gasteiger partial charge in [0.15, 0.2) is 0 Å². The summed E-state index contributed by atoms with van der Waals surface area (Å²) in [5.74, 6) is 0. The molecule has 1 aliphatic rings. The normalized spacial score (nSPS) is 16.6. The van der Waals surface area contributed by atoms with Crippen molar-refractivity contribution in [3.05, 3.63) is 41.3 Å². The predicted octanol–water partition coefficient (Wildman–Crippen LogP) is 4.54. The van der Waals surface area contributed by atoms with E-state index in [9.17, 15) is 9.90 Å². The maximum absolute atomic E-state index is 12.1. The number of rotatable bonds is 4. The van der Waals surface area contributed by atoms with Gasteiger partial charge in [-0.2, -0.15) is 0 Å². The molecular weight excluding hydrogens is 320 g/mol. The molecular formula is C19H24N2O2S. The SMILES string of the molecule is Cc1ccsc1-c1cccc(NC(=O)NCC2(O)CCCCC2)c1. The highest BCUT2D eigenvalue weighted by Crippen LogP contribution is 2.30. The van der Waals surface area contributed by atoms with Crippen LogP contribution >= 0.6 is 11.3 Å². The Morgan fingerprint density at radius 1 is 1.25 bits per heavy atom. The molecule has 0 spiro atoms. The molecule has 24 heavy (non-hydrogen) atoms. The Balaban J connectivity index is 1.59. The second-order valence-corrected chi connectivity index (χ2v) is 7.52. The molecule has 2 aromatic rings. The van der Waals surface area contributed by atoms with E-state index in [0.717, 1.165) is 36.9 Å². The maximum Gasteiger partial charge on any atom is 0.319 e. The third-order valence-electron chi connectivity index (χ3n) is 4.61. The highest BCUT2D eigenvalue weighted by atomic mass is 32.1. The zero-order chi connectivity index (χ0) is 17.0. The van der Waals surface area contributed by atoms with Crippen LogP contribution in [0.5, 0.6) is 0 Å². The number of thiophene rings is 1. The average molecular weight is 344 g/mol. The molecule has 0 unspecified atom stereocenters. The first-order valence-corrected chi connectivity index (χ1v) is 9.35. The van der Waals surface area contributed by atoms with Crippen LogP contribution in [0.3, 0.4) is 0 Å². The van der Waals surface area contributed by atoms with Crippen molar-refractivity contribution < 1.29 is 9.90 Å². The molecule has 0 saturated heterocycles. The van der Waals surface area contributed by atoms with Crippen molar-refractivity contribution in [1.29, 1.82) is 0 Å². The second kappa shape index (κ2) is 7.36. The number of hydrogen-bond donors (Lipinski definition) is 3. The summed E-state index contributed by atoms with van der Waals surface area (Å²) in [6, 6.07) is 9.67. The number of nitrogens with one attached hydrogen (secondary N) is 2. The van der Waals surface area contributed by atoms with Crippen molar-refractivity contribution in [2.24, 2.45) is 0 Å². The summed E-state index contributed by atoms with van der Waals surface area (Å²) in [6.07, 6.45) is 4.76. The molecule has 1 aliphatic carbocycles. The summed E-state index contributed by atoms with van der Waals surface area (Å²) in [5, 5.41) is 18.2. The van der Waals surface area contributed by atoms with Gasteiger partial charge in [-0.05, 0) is 54.5 Å². The number of carbonyl (C=O) groups is 1. The fourth-order valence-electron chi connectivity index (χ4n) is 3.21. The number of amides is 2. The average Bonchev–Trinajstić information content (AvgIpc) is 3.00. The van der Waals surface area contributed by atoms with Crippen LogP contribution in [0.15, 0.2) is 35.7 Å². The maximum atomic E-state index is 12.1. The van der Waals surface area contributed by atoms with Crippen LogP contribution in [0.25, 0.3) is 10.4 Å². The van der Waals surface area contributed by atoms with Gasteiger partial charge in [0.05, 0.1) is 5.60 Å². The molecule has 0 atom stereocenters. The zero-order valence-electron chi connectivity index (χ0n) is 14.0. The smallest absolute Gasteiger partial charge is 0.319 e. The minimum absolute atomic E-state index is 0.269. The summed E-state index contributed by atoms with van der Waals surface area (Å²) in [6.45, 7) is 2.39. The third-order valence-corrected chi connectivity index (χ3v) is 5.67. The predicted molar refractivity (Wildman–Crippen MR) is 99.5 cm³/mol. The number of aliphatic hydroxyl groups is 1. The van der Waals surface area contributed by atoms with Gasteiger partial charge in [0.25, 0.3) is 0 Å². The van der Waals surface area contributed by atoms with Crippen molar-refractivity contribution >= 4 is 23.1 Å². The van der Waals surface area contributed by atoms with E-state index in [0.29, 0.717) is 6.54 Å². The first kappa shape index (κ1) is 17.0. The Hall–Kier alpha value is -1.85. The summed E-state index contributed by atoms with van der Waals surface area (Å²) >= 11 is 1.70. The monoisotopic (exact) mass is 344 g/mol. The summed E-state index contributed by atoms with van der Waals surface area (Å²) in [7, 11) is 0. The van der Waals surface area contributed by atoms with Gasteiger partial charge in [-0.3, -0.25) is 0 Å². The number of anilines is 1. The van der Waals surface area contributed by atoms with Gasteiger partial charge in [0.1, 0.15) is 0 Å². The second-order valence-electron chi connectivity index (χ2n) is 6.61. The molecule has 3 N–H and O–H groups in total. The van der Waals surface area contributed by atoms with Gasteiger partial charge in [-0.1, -0.05) is 31.4 Å². The number of benzene rings is 1. The Morgan fingerprint density at radius 2 is 2.04 bits per heavy atom. The highest BCUT2D eigenvalue weighted by molar-refractivity contribution is 7.13. The number of urea groups is 1. The van der Waals surface area contributed by atoms with Gasteiger partial charge in [0.2, 0.25) is 0 Å². The Morgan fingerprint density at radius 3 is 2.75 bits per heavy atom. The van der Waals surface area contributed by atoms with Crippen LogP contribution < -0.4 is 10.6 Å². The molecule has 1 aromatic carbocycles. The van der Waals surface area contributed by atoms with E-state index in [4.69, 9.17) is 0 Å². The van der Waals surface area contributed by atoms with E-state index in [1.165, 1.54) is 16.9 Å². The lowest BCUT2D eigenvalue weighted by Crippen LogP contribution is -2.45. The molecule has 1 fully saturated rings. The molecule has 3 rings (SSSR count). The Bertz CT molecular complexity index is 705. The largest absolute Gasteiger partial charge is 0.388 e. The Labute approximate surface area is 146 Å². The quantitative estimate of drug-likeness (QED) is 0.762. The van der Waals surface area contributed by atoms with Gasteiger partial charge in [-0.15, -0.1) is 11.3 Å². The standard InChI is InChI=1S/C19H24N2O2S/c1-14-8-11-24-17(14)15-6-5-7-16(12-15)21-18(22)20-13-19(23)9-3-2-4-10-19/h5-8,11-12,23H,2-4,9-10,13H2,1H3,(H2,20,21,22). The molecule has 4 nitrogen and oxygen atoms in total. The summed E-state index contributed by atoms with van der Waals surface area (Å²) in [5.41, 5.74) is 2.35. The number of carbonyl (C=O) groups excluding carboxylic acids is 1. The zero-order valence-corrected chi connectivity index (χ0v) is 14.8. The van der Waals surface area contributed by atoms with E-state index in [1.54, 1.807) is 11.3 Å². The molecule has 2 amide bonds. The fraction of sp³-hybridized carbons (Fsp3) is 0.421. The number of hydrogen-bond acceptors (Lipinski definition) is 3. The van der Waals surface area contributed by atoms with Crippen LogP contribution in [0.4, 0.5) is 10.5 Å². The van der Waals surface area contributed by atoms with Crippen LogP contribution in [0.1, 0.15) is 37.7 Å². The van der Waals surface area contributed by atoms with E-state index in [1.807, 2.05) is 24.3 Å². The molecule has 128 valence electrons. The van der Waals surface area contributed by atoms with E-state index >= 15 is 0 Å². The Kier molecular flexibility index (Phi) is 5.21. The minimum Gasteiger partial charge on any atom is -0.388 e. The molecule has 0 bridgehead atoms. The van der Waals surface area contributed by atoms with Crippen LogP contribution in [-0.2, 0) is 0 Å². The van der Waals surface area contributed by atoms with Crippen molar-refractivity contribution in [3.8, 4) is 10.4 Å². The number of aryl methyl sites for hydroxylation is 1. The lowest BCUT2D eigenvalue weighted by atomic mass is 9.85. The molecule has 1 heterocycles. The van der Waals surface area contributed by atoms with E-state index in [2.05, 4.69) is 29.0 Å². The lowest BCUT2D eigenvalue weighted by Gasteiger charge is -2.32. The molecule has 0 radical (unpaired) electrons. The lowest BCUT2D eigenvalue weighted by molar-refractivity contribution is 0.00755. The first-order chi connectivity index (χ1) is 11.6. The van der Waals surface area contributed by atoms with Crippen molar-refractivity contribution in [1.82, 2.24) is 5.32 Å². The van der Waals surface area contributed by atoms with E-state index in [-0.39, 0.29) is 6.03 Å². The highest BCUT2D eigenvalue weighted by Gasteiger charge is 2.29. The van der Waals surface area contributed by atoms with Gasteiger partial charge in [0, 0.05) is 17.1 Å². The topological polar surface area (TPSA) is 61.4 Å². The van der Waals surface area contributed by atoms with E-state index < -0.39 is 5.60 Å². The first-order valence-electron chi connectivity index (χ1n) is 8.48. The fourth-order valence-corrected chi connectivity index (χ4v) is 4.14. The van der Waals surface area contributed by atoms with Crippen molar-refractivity contribution in [2.75, 3.05) is 11.9 Å².